The summed E-state index contributed by atoms with van der Waals surface area (Å²) in [7, 11) is 0. The molecule has 2 N–H and O–H groups in total. The van der Waals surface area contributed by atoms with Gasteiger partial charge >= 0.3 is 12.0 Å². The van der Waals surface area contributed by atoms with Crippen molar-refractivity contribution < 1.29 is 14.7 Å². The summed E-state index contributed by atoms with van der Waals surface area (Å²) >= 11 is 0. The summed E-state index contributed by atoms with van der Waals surface area (Å²) in [5.74, 6) is -0.856. The van der Waals surface area contributed by atoms with Gasteiger partial charge in [-0.25, -0.2) is 9.78 Å². The molecule has 1 fully saturated rings. The molecular weight excluding hydrogens is 250 g/mol. The van der Waals surface area contributed by atoms with Crippen LogP contribution in [0.2, 0.25) is 0 Å². The number of carboxylic acids is 1. The zero-order valence-corrected chi connectivity index (χ0v) is 10.7. The van der Waals surface area contributed by atoms with Crippen LogP contribution in [0.4, 0.5) is 4.79 Å². The van der Waals surface area contributed by atoms with Crippen LogP contribution in [0, 0.1) is 5.41 Å². The maximum atomic E-state index is 11.9. The van der Waals surface area contributed by atoms with Crippen molar-refractivity contribution >= 4 is 12.0 Å². The van der Waals surface area contributed by atoms with Crippen LogP contribution in [-0.4, -0.2) is 56.4 Å². The monoisotopic (exact) mass is 267 g/mol. The molecule has 0 aromatic carbocycles. The normalized spacial score (nSPS) is 22.5. The molecule has 19 heavy (non-hydrogen) atoms. The Kier molecular flexibility index (Phi) is 3.68. The van der Waals surface area contributed by atoms with E-state index in [4.69, 9.17) is 5.11 Å². The fraction of sp³-hybridized carbons (Fsp3) is 0.636. The zero-order chi connectivity index (χ0) is 13.9. The standard InChI is InChI=1S/C11H17N5O3/c1-11(9(17)18)2-4-15(6-11)10(19)13-3-5-16-8-12-7-14-16/h7-8H,2-6H2,1H3,(H,13,19)(H,17,18). The van der Waals surface area contributed by atoms with E-state index in [0.29, 0.717) is 26.1 Å². The molecule has 0 saturated carbocycles. The van der Waals surface area contributed by atoms with Crippen LogP contribution in [0.15, 0.2) is 12.7 Å². The van der Waals surface area contributed by atoms with Gasteiger partial charge in [0.1, 0.15) is 12.7 Å². The van der Waals surface area contributed by atoms with Gasteiger partial charge in [-0.1, -0.05) is 0 Å². The highest BCUT2D eigenvalue weighted by Crippen LogP contribution is 2.29. The van der Waals surface area contributed by atoms with Crippen LogP contribution in [0.1, 0.15) is 13.3 Å². The van der Waals surface area contributed by atoms with Gasteiger partial charge in [-0.15, -0.1) is 0 Å². The van der Waals surface area contributed by atoms with Crippen molar-refractivity contribution in [3.63, 3.8) is 0 Å². The largest absolute Gasteiger partial charge is 0.481 e. The quantitative estimate of drug-likeness (QED) is 0.785. The first kappa shape index (κ1) is 13.3. The average Bonchev–Trinajstić information content (AvgIpc) is 2.99. The van der Waals surface area contributed by atoms with E-state index in [1.165, 1.54) is 11.2 Å². The van der Waals surface area contributed by atoms with Crippen LogP contribution in [0.25, 0.3) is 0 Å². The number of rotatable bonds is 4. The summed E-state index contributed by atoms with van der Waals surface area (Å²) in [6.45, 7) is 3.35. The van der Waals surface area contributed by atoms with E-state index in [-0.39, 0.29) is 12.6 Å². The summed E-state index contributed by atoms with van der Waals surface area (Å²) < 4.78 is 1.62. The molecule has 2 heterocycles. The van der Waals surface area contributed by atoms with Crippen molar-refractivity contribution in [1.29, 1.82) is 0 Å². The highest BCUT2D eigenvalue weighted by Gasteiger charge is 2.42. The molecule has 1 saturated heterocycles. The van der Waals surface area contributed by atoms with Crippen molar-refractivity contribution in [3.8, 4) is 0 Å². The molecule has 1 atom stereocenters. The summed E-state index contributed by atoms with van der Waals surface area (Å²) in [4.78, 5) is 28.3. The predicted octanol–water partition coefficient (Wildman–Crippen LogP) is -0.216. The van der Waals surface area contributed by atoms with Gasteiger partial charge in [0.15, 0.2) is 0 Å². The molecule has 1 aliphatic rings. The zero-order valence-electron chi connectivity index (χ0n) is 10.7. The first-order valence-corrected chi connectivity index (χ1v) is 6.10. The number of carboxylic acid groups (broad SMARTS) is 1. The maximum Gasteiger partial charge on any atom is 0.317 e. The number of aliphatic carboxylic acids is 1. The van der Waals surface area contributed by atoms with E-state index in [1.54, 1.807) is 17.9 Å². The van der Waals surface area contributed by atoms with Gasteiger partial charge in [0.05, 0.1) is 12.0 Å². The van der Waals surface area contributed by atoms with Crippen LogP contribution in [0.5, 0.6) is 0 Å². The van der Waals surface area contributed by atoms with E-state index in [0.717, 1.165) is 0 Å². The lowest BCUT2D eigenvalue weighted by atomic mass is 9.90. The second-order valence-electron chi connectivity index (χ2n) is 4.93. The Hall–Kier alpha value is -2.12. The number of hydrogen-bond donors (Lipinski definition) is 2. The molecule has 2 rings (SSSR count). The summed E-state index contributed by atoms with van der Waals surface area (Å²) in [6, 6.07) is -0.231. The van der Waals surface area contributed by atoms with Crippen LogP contribution < -0.4 is 5.32 Å². The fourth-order valence-electron chi connectivity index (χ4n) is 2.05. The van der Waals surface area contributed by atoms with Gasteiger partial charge in [0.25, 0.3) is 0 Å². The van der Waals surface area contributed by atoms with Crippen LogP contribution in [-0.2, 0) is 11.3 Å². The Morgan fingerprint density at radius 1 is 1.53 bits per heavy atom. The number of amides is 2. The molecule has 8 heteroatoms. The van der Waals surface area contributed by atoms with E-state index in [2.05, 4.69) is 15.4 Å². The number of hydrogen-bond acceptors (Lipinski definition) is 4. The van der Waals surface area contributed by atoms with Gasteiger partial charge in [0, 0.05) is 19.6 Å². The third-order valence-electron chi connectivity index (χ3n) is 3.36. The Morgan fingerprint density at radius 2 is 2.32 bits per heavy atom. The number of carbonyl (C=O) groups excluding carboxylic acids is 1. The molecule has 8 nitrogen and oxygen atoms in total. The van der Waals surface area contributed by atoms with Crippen molar-refractivity contribution in [3.05, 3.63) is 12.7 Å². The molecule has 1 aromatic heterocycles. The molecule has 1 aliphatic heterocycles. The number of aromatic nitrogens is 3. The molecule has 2 amide bonds. The molecule has 1 unspecified atom stereocenters. The number of nitrogens with zero attached hydrogens (tertiary/aromatic N) is 4. The highest BCUT2D eigenvalue weighted by atomic mass is 16.4. The third kappa shape index (κ3) is 3.01. The number of likely N-dealkylation sites (tertiary alicyclic amines) is 1. The second-order valence-corrected chi connectivity index (χ2v) is 4.93. The number of urea groups is 1. The molecule has 0 radical (unpaired) electrons. The number of nitrogens with one attached hydrogen (secondary N) is 1. The Labute approximate surface area is 110 Å². The molecule has 0 bridgehead atoms. The summed E-state index contributed by atoms with van der Waals surface area (Å²) in [5.41, 5.74) is -0.830. The summed E-state index contributed by atoms with van der Waals surface area (Å²) in [5, 5.41) is 15.8. The minimum absolute atomic E-state index is 0.231. The van der Waals surface area contributed by atoms with Crippen molar-refractivity contribution in [1.82, 2.24) is 25.0 Å². The van der Waals surface area contributed by atoms with Crippen molar-refractivity contribution in [2.45, 2.75) is 19.9 Å². The van der Waals surface area contributed by atoms with Gasteiger partial charge < -0.3 is 15.3 Å². The lowest BCUT2D eigenvalue weighted by Crippen LogP contribution is -2.41. The average molecular weight is 267 g/mol. The molecule has 0 aliphatic carbocycles. The van der Waals surface area contributed by atoms with Crippen molar-refractivity contribution in [2.75, 3.05) is 19.6 Å². The Bertz CT molecular complexity index is 461. The second kappa shape index (κ2) is 5.25. The minimum Gasteiger partial charge on any atom is -0.481 e. The lowest BCUT2D eigenvalue weighted by Gasteiger charge is -2.20. The Balaban J connectivity index is 1.77. The topological polar surface area (TPSA) is 100 Å². The van der Waals surface area contributed by atoms with Gasteiger partial charge in [-0.3, -0.25) is 9.48 Å². The fourth-order valence-corrected chi connectivity index (χ4v) is 2.05. The molecule has 1 aromatic rings. The number of carbonyl (C=O) groups is 2. The SMILES string of the molecule is CC1(C(=O)O)CCN(C(=O)NCCn2cncn2)C1. The van der Waals surface area contributed by atoms with E-state index >= 15 is 0 Å². The van der Waals surface area contributed by atoms with E-state index in [9.17, 15) is 9.59 Å². The van der Waals surface area contributed by atoms with Gasteiger partial charge in [0.2, 0.25) is 0 Å². The molecule has 104 valence electrons. The van der Waals surface area contributed by atoms with Gasteiger partial charge in [-0.05, 0) is 13.3 Å². The first-order valence-electron chi connectivity index (χ1n) is 6.10. The van der Waals surface area contributed by atoms with E-state index in [1.807, 2.05) is 0 Å². The van der Waals surface area contributed by atoms with Gasteiger partial charge in [-0.2, -0.15) is 5.10 Å². The molecular formula is C11H17N5O3. The van der Waals surface area contributed by atoms with Crippen LogP contribution >= 0.6 is 0 Å². The van der Waals surface area contributed by atoms with Crippen LogP contribution in [0.3, 0.4) is 0 Å². The highest BCUT2D eigenvalue weighted by molar-refractivity contribution is 5.79. The third-order valence-corrected chi connectivity index (χ3v) is 3.36. The minimum atomic E-state index is -0.856. The predicted molar refractivity (Wildman–Crippen MR) is 65.4 cm³/mol. The first-order chi connectivity index (χ1) is 9.01. The van der Waals surface area contributed by atoms with Crippen molar-refractivity contribution in [2.24, 2.45) is 5.41 Å². The smallest absolute Gasteiger partial charge is 0.317 e. The maximum absolute atomic E-state index is 11.9. The lowest BCUT2D eigenvalue weighted by molar-refractivity contribution is -0.146. The summed E-state index contributed by atoms with van der Waals surface area (Å²) in [6.07, 6.45) is 3.49. The Morgan fingerprint density at radius 3 is 2.89 bits per heavy atom. The van der Waals surface area contributed by atoms with E-state index < -0.39 is 11.4 Å². The molecule has 0 spiro atoms.